The van der Waals surface area contributed by atoms with Crippen molar-refractivity contribution in [3.63, 3.8) is 0 Å². The topological polar surface area (TPSA) is 103 Å². The van der Waals surface area contributed by atoms with Crippen molar-refractivity contribution < 1.29 is 19.2 Å². The third-order valence-electron chi connectivity index (χ3n) is 3.18. The number of carbonyl (C=O) groups excluding carboxylic acids is 1. The van der Waals surface area contributed by atoms with Gasteiger partial charge in [0.15, 0.2) is 11.5 Å². The van der Waals surface area contributed by atoms with Crippen LogP contribution in [0.5, 0.6) is 11.5 Å². The Kier molecular flexibility index (Phi) is 4.30. The molecule has 0 bridgehead atoms. The monoisotopic (exact) mass is 347 g/mol. The van der Waals surface area contributed by atoms with Gasteiger partial charge in [0.05, 0.1) is 11.1 Å². The van der Waals surface area contributed by atoms with Gasteiger partial charge in [-0.3, -0.25) is 14.9 Å². The van der Waals surface area contributed by atoms with Gasteiger partial charge in [0.2, 0.25) is 6.79 Å². The fourth-order valence-electron chi connectivity index (χ4n) is 2.02. The molecule has 24 heavy (non-hydrogen) atoms. The van der Waals surface area contributed by atoms with Gasteiger partial charge in [-0.15, -0.1) is 0 Å². The summed E-state index contributed by atoms with van der Waals surface area (Å²) in [5.41, 5.74) is 2.87. The van der Waals surface area contributed by atoms with Crippen molar-refractivity contribution in [2.75, 3.05) is 6.79 Å². The zero-order valence-corrected chi connectivity index (χ0v) is 12.8. The minimum absolute atomic E-state index is 0.0292. The number of rotatable bonds is 4. The molecule has 122 valence electrons. The summed E-state index contributed by atoms with van der Waals surface area (Å²) in [6, 6.07) is 8.94. The minimum atomic E-state index is -0.592. The van der Waals surface area contributed by atoms with Crippen LogP contribution in [-0.4, -0.2) is 23.8 Å². The third-order valence-corrected chi connectivity index (χ3v) is 3.50. The van der Waals surface area contributed by atoms with Crippen molar-refractivity contribution in [3.8, 4) is 11.5 Å². The number of amides is 1. The highest BCUT2D eigenvalue weighted by atomic mass is 35.5. The van der Waals surface area contributed by atoms with Gasteiger partial charge in [0.1, 0.15) is 5.02 Å². The van der Waals surface area contributed by atoms with E-state index in [4.69, 9.17) is 21.1 Å². The number of nitrogens with zero attached hydrogens (tertiary/aromatic N) is 2. The van der Waals surface area contributed by atoms with E-state index >= 15 is 0 Å². The predicted octanol–water partition coefficient (Wildman–Crippen LogP) is 2.74. The summed E-state index contributed by atoms with van der Waals surface area (Å²) in [7, 11) is 0. The number of nitro benzene ring substituents is 1. The second-order valence-electron chi connectivity index (χ2n) is 4.74. The van der Waals surface area contributed by atoms with Crippen molar-refractivity contribution in [3.05, 3.63) is 62.7 Å². The van der Waals surface area contributed by atoms with Crippen LogP contribution < -0.4 is 14.9 Å². The maximum Gasteiger partial charge on any atom is 0.288 e. The molecule has 8 nitrogen and oxygen atoms in total. The zero-order valence-electron chi connectivity index (χ0n) is 12.1. The van der Waals surface area contributed by atoms with Crippen molar-refractivity contribution in [2.24, 2.45) is 5.10 Å². The number of nitro groups is 1. The van der Waals surface area contributed by atoms with Crippen LogP contribution in [0.1, 0.15) is 15.9 Å². The predicted molar refractivity (Wildman–Crippen MR) is 85.7 cm³/mol. The Balaban J connectivity index is 1.69. The number of hydrogen-bond donors (Lipinski definition) is 1. The highest BCUT2D eigenvalue weighted by Gasteiger charge is 2.16. The van der Waals surface area contributed by atoms with Gasteiger partial charge >= 0.3 is 0 Å². The maximum atomic E-state index is 12.0. The molecule has 1 heterocycles. The molecular weight excluding hydrogens is 338 g/mol. The molecule has 0 saturated heterocycles. The van der Waals surface area contributed by atoms with Gasteiger partial charge < -0.3 is 9.47 Å². The lowest BCUT2D eigenvalue weighted by atomic mass is 10.2. The van der Waals surface area contributed by atoms with E-state index in [9.17, 15) is 14.9 Å². The molecule has 0 aliphatic carbocycles. The first-order chi connectivity index (χ1) is 11.5. The summed E-state index contributed by atoms with van der Waals surface area (Å²) in [5, 5.41) is 14.6. The number of fused-ring (bicyclic) bond motifs is 1. The van der Waals surface area contributed by atoms with E-state index in [1.165, 1.54) is 18.3 Å². The van der Waals surface area contributed by atoms with Gasteiger partial charge in [-0.05, 0) is 24.3 Å². The molecule has 1 aliphatic rings. The summed E-state index contributed by atoms with van der Waals surface area (Å²) >= 11 is 5.72. The second-order valence-corrected chi connectivity index (χ2v) is 5.14. The first-order valence-electron chi connectivity index (χ1n) is 6.71. The van der Waals surface area contributed by atoms with Crippen LogP contribution in [0.4, 0.5) is 5.69 Å². The average Bonchev–Trinajstić information content (AvgIpc) is 3.03. The summed E-state index contributed by atoms with van der Waals surface area (Å²) in [6.45, 7) is 0.119. The zero-order chi connectivity index (χ0) is 17.1. The summed E-state index contributed by atoms with van der Waals surface area (Å²) in [5.74, 6) is 0.608. The van der Waals surface area contributed by atoms with Crippen molar-refractivity contribution in [1.29, 1.82) is 0 Å². The second kappa shape index (κ2) is 6.55. The lowest BCUT2D eigenvalue weighted by Gasteiger charge is -2.01. The molecule has 0 aromatic heterocycles. The Morgan fingerprint density at radius 2 is 2.04 bits per heavy atom. The SMILES string of the molecule is O=C(N/N=C\c1ccc(Cl)c([N+](=O)[O-])c1)c1ccc2c(c1)OCO2. The number of nitrogens with one attached hydrogen (secondary N) is 1. The van der Waals surface area contributed by atoms with Crippen molar-refractivity contribution >= 4 is 29.4 Å². The molecular formula is C15H10ClN3O5. The van der Waals surface area contributed by atoms with Crippen molar-refractivity contribution in [1.82, 2.24) is 5.43 Å². The van der Waals surface area contributed by atoms with Gasteiger partial charge in [0, 0.05) is 17.2 Å². The summed E-state index contributed by atoms with van der Waals surface area (Å²) < 4.78 is 10.4. The van der Waals surface area contributed by atoms with Crippen LogP contribution in [0.15, 0.2) is 41.5 Å². The molecule has 9 heteroatoms. The van der Waals surface area contributed by atoms with Gasteiger partial charge in [0.25, 0.3) is 11.6 Å². The minimum Gasteiger partial charge on any atom is -0.454 e. The Labute approximate surface area is 140 Å². The lowest BCUT2D eigenvalue weighted by molar-refractivity contribution is -0.384. The highest BCUT2D eigenvalue weighted by Crippen LogP contribution is 2.32. The number of hydrogen-bond acceptors (Lipinski definition) is 6. The van der Waals surface area contributed by atoms with E-state index in [0.717, 1.165) is 0 Å². The molecule has 3 rings (SSSR count). The molecule has 0 saturated carbocycles. The number of halogens is 1. The lowest BCUT2D eigenvalue weighted by Crippen LogP contribution is -2.17. The van der Waals surface area contributed by atoms with Crippen LogP contribution in [-0.2, 0) is 0 Å². The van der Waals surface area contributed by atoms with Crippen LogP contribution in [0.3, 0.4) is 0 Å². The molecule has 2 aromatic carbocycles. The summed E-state index contributed by atoms with van der Waals surface area (Å²) in [6.07, 6.45) is 1.29. The number of hydrazone groups is 1. The quantitative estimate of drug-likeness (QED) is 0.520. The van der Waals surface area contributed by atoms with E-state index in [0.29, 0.717) is 22.6 Å². The van der Waals surface area contributed by atoms with Crippen LogP contribution >= 0.6 is 11.6 Å². The van der Waals surface area contributed by atoms with Crippen LogP contribution in [0.25, 0.3) is 0 Å². The Hall–Kier alpha value is -3.13. The molecule has 0 fully saturated rings. The summed E-state index contributed by atoms with van der Waals surface area (Å²) in [4.78, 5) is 22.2. The standard InChI is InChI=1S/C15H10ClN3O5/c16-11-3-1-9(5-12(11)19(21)22)7-17-18-15(20)10-2-4-13-14(6-10)24-8-23-13/h1-7H,8H2,(H,18,20)/b17-7-. The number of benzene rings is 2. The van der Waals surface area contributed by atoms with E-state index in [2.05, 4.69) is 10.5 Å². The molecule has 1 aliphatic heterocycles. The number of carbonyl (C=O) groups is 1. The average molecular weight is 348 g/mol. The van der Waals surface area contributed by atoms with Gasteiger partial charge in [-0.1, -0.05) is 17.7 Å². The van der Waals surface area contributed by atoms with Crippen molar-refractivity contribution in [2.45, 2.75) is 0 Å². The smallest absolute Gasteiger partial charge is 0.288 e. The molecule has 0 radical (unpaired) electrons. The normalized spacial score (nSPS) is 12.4. The molecule has 0 unspecified atom stereocenters. The van der Waals surface area contributed by atoms with E-state index < -0.39 is 10.8 Å². The third kappa shape index (κ3) is 3.28. The van der Waals surface area contributed by atoms with E-state index in [1.807, 2.05) is 0 Å². The highest BCUT2D eigenvalue weighted by molar-refractivity contribution is 6.32. The first kappa shape index (κ1) is 15.8. The first-order valence-corrected chi connectivity index (χ1v) is 7.09. The molecule has 0 spiro atoms. The Bertz CT molecular complexity index is 853. The fourth-order valence-corrected chi connectivity index (χ4v) is 2.20. The van der Waals surface area contributed by atoms with E-state index in [1.54, 1.807) is 24.3 Å². The van der Waals surface area contributed by atoms with E-state index in [-0.39, 0.29) is 17.5 Å². The van der Waals surface area contributed by atoms with Crippen LogP contribution in [0.2, 0.25) is 5.02 Å². The van der Waals surface area contributed by atoms with Crippen LogP contribution in [0, 0.1) is 10.1 Å². The molecule has 2 aromatic rings. The fraction of sp³-hybridized carbons (Fsp3) is 0.0667. The maximum absolute atomic E-state index is 12.0. The largest absolute Gasteiger partial charge is 0.454 e. The number of ether oxygens (including phenoxy) is 2. The Morgan fingerprint density at radius 1 is 1.25 bits per heavy atom. The molecule has 0 atom stereocenters. The van der Waals surface area contributed by atoms with Gasteiger partial charge in [-0.25, -0.2) is 5.43 Å². The Morgan fingerprint density at radius 3 is 2.83 bits per heavy atom. The molecule has 1 N–H and O–H groups in total. The van der Waals surface area contributed by atoms with Gasteiger partial charge in [-0.2, -0.15) is 5.10 Å². The molecule has 1 amide bonds.